The van der Waals surface area contributed by atoms with E-state index in [2.05, 4.69) is 4.90 Å². The average molecular weight is 296 g/mol. The van der Waals surface area contributed by atoms with Crippen molar-refractivity contribution in [3.8, 4) is 0 Å². The van der Waals surface area contributed by atoms with Gasteiger partial charge in [0, 0.05) is 25.7 Å². The van der Waals surface area contributed by atoms with Crippen LogP contribution in [-0.4, -0.2) is 65.3 Å². The molecule has 0 atom stereocenters. The third-order valence-electron chi connectivity index (χ3n) is 4.54. The highest BCUT2D eigenvalue weighted by atomic mass is 16.5. The van der Waals surface area contributed by atoms with Gasteiger partial charge in [-0.2, -0.15) is 0 Å². The Hall–Kier alpha value is -1.30. The van der Waals surface area contributed by atoms with Crippen molar-refractivity contribution in [2.24, 2.45) is 5.92 Å². The Bertz CT molecular complexity index is 398. The normalized spacial score (nSPS) is 23.1. The van der Waals surface area contributed by atoms with E-state index in [1.807, 2.05) is 4.90 Å². The number of carboxylic acid groups (broad SMARTS) is 1. The largest absolute Gasteiger partial charge is 0.480 e. The summed E-state index contributed by atoms with van der Waals surface area (Å²) in [6.45, 7) is 2.04. The van der Waals surface area contributed by atoms with Crippen LogP contribution in [0.4, 0.5) is 4.79 Å². The summed E-state index contributed by atoms with van der Waals surface area (Å²) in [5.41, 5.74) is 0. The first kappa shape index (κ1) is 14.6. The minimum absolute atomic E-state index is 0.0250. The van der Waals surface area contributed by atoms with Crippen LogP contribution in [-0.2, 0) is 9.53 Å². The zero-order valence-electron chi connectivity index (χ0n) is 12.4. The molecule has 0 unspecified atom stereocenters. The molecule has 0 bridgehead atoms. The number of carbonyl (C=O) groups is 2. The maximum absolute atomic E-state index is 12.6. The number of ether oxygens (including phenoxy) is 1. The van der Waals surface area contributed by atoms with Gasteiger partial charge in [0.2, 0.25) is 0 Å². The van der Waals surface area contributed by atoms with E-state index in [9.17, 15) is 9.59 Å². The average Bonchev–Trinajstić information content (AvgIpc) is 3.36. The third-order valence-corrected chi connectivity index (χ3v) is 4.54. The van der Waals surface area contributed by atoms with Crippen LogP contribution in [0.1, 0.15) is 38.5 Å². The monoisotopic (exact) mass is 296 g/mol. The molecule has 1 aliphatic heterocycles. The molecule has 2 aliphatic carbocycles. The number of amides is 2. The van der Waals surface area contributed by atoms with E-state index in [1.165, 1.54) is 12.8 Å². The zero-order valence-corrected chi connectivity index (χ0v) is 12.4. The van der Waals surface area contributed by atoms with Crippen molar-refractivity contribution >= 4 is 12.0 Å². The highest BCUT2D eigenvalue weighted by molar-refractivity contribution is 5.75. The van der Waals surface area contributed by atoms with Crippen molar-refractivity contribution in [3.05, 3.63) is 0 Å². The summed E-state index contributed by atoms with van der Waals surface area (Å²) in [6, 6.07) is 0.653. The molecule has 0 radical (unpaired) electrons. The highest BCUT2D eigenvalue weighted by Crippen LogP contribution is 2.35. The van der Waals surface area contributed by atoms with Gasteiger partial charge in [-0.15, -0.1) is 0 Å². The van der Waals surface area contributed by atoms with E-state index in [4.69, 9.17) is 9.84 Å². The lowest BCUT2D eigenvalue weighted by Crippen LogP contribution is -2.49. The molecular weight excluding hydrogens is 272 g/mol. The summed E-state index contributed by atoms with van der Waals surface area (Å²) < 4.78 is 5.32. The number of carbonyl (C=O) groups excluding carboxylic acids is 1. The van der Waals surface area contributed by atoms with Crippen LogP contribution in [0.25, 0.3) is 0 Å². The van der Waals surface area contributed by atoms with Gasteiger partial charge in [-0.05, 0) is 44.4 Å². The summed E-state index contributed by atoms with van der Waals surface area (Å²) in [5, 5.41) is 8.62. The molecule has 3 aliphatic rings. The van der Waals surface area contributed by atoms with Gasteiger partial charge in [0.1, 0.15) is 6.61 Å². The Balaban J connectivity index is 1.46. The van der Waals surface area contributed by atoms with Crippen molar-refractivity contribution in [3.63, 3.8) is 0 Å². The molecule has 3 rings (SSSR count). The Labute approximate surface area is 125 Å². The molecule has 6 heteroatoms. The number of likely N-dealkylation sites (tertiary alicyclic amines) is 1. The van der Waals surface area contributed by atoms with Gasteiger partial charge < -0.3 is 19.6 Å². The number of urea groups is 1. The van der Waals surface area contributed by atoms with Crippen LogP contribution < -0.4 is 0 Å². The maximum Gasteiger partial charge on any atom is 0.329 e. The zero-order chi connectivity index (χ0) is 14.8. The molecule has 1 saturated heterocycles. The SMILES string of the molecule is O=C(O)COC1CCN(C(=O)N(CC2CC2)C2CC2)CC1. The summed E-state index contributed by atoms with van der Waals surface area (Å²) in [5.74, 6) is -0.205. The number of hydrogen-bond donors (Lipinski definition) is 1. The lowest BCUT2D eigenvalue weighted by molar-refractivity contribution is -0.145. The fourth-order valence-corrected chi connectivity index (χ4v) is 2.93. The van der Waals surface area contributed by atoms with Crippen LogP contribution in [0.5, 0.6) is 0 Å². The van der Waals surface area contributed by atoms with Crippen molar-refractivity contribution in [2.75, 3.05) is 26.2 Å². The quantitative estimate of drug-likeness (QED) is 0.807. The van der Waals surface area contributed by atoms with E-state index in [-0.39, 0.29) is 18.7 Å². The first-order valence-corrected chi connectivity index (χ1v) is 8.02. The van der Waals surface area contributed by atoms with Crippen molar-refractivity contribution < 1.29 is 19.4 Å². The molecule has 1 N–H and O–H groups in total. The predicted octanol–water partition coefficient (Wildman–Crippen LogP) is 1.55. The standard InChI is InChI=1S/C15H24N2O4/c18-14(19)10-21-13-5-7-16(8-6-13)15(20)17(12-3-4-12)9-11-1-2-11/h11-13H,1-10H2,(H,18,19). The fourth-order valence-electron chi connectivity index (χ4n) is 2.93. The second-order valence-electron chi connectivity index (χ2n) is 6.50. The minimum Gasteiger partial charge on any atom is -0.480 e. The summed E-state index contributed by atoms with van der Waals surface area (Å²) in [6.07, 6.45) is 6.28. The molecule has 0 aromatic carbocycles. The van der Waals surface area contributed by atoms with Crippen LogP contribution in [0.15, 0.2) is 0 Å². The first-order chi connectivity index (χ1) is 10.1. The van der Waals surface area contributed by atoms with Gasteiger partial charge in [-0.25, -0.2) is 9.59 Å². The van der Waals surface area contributed by atoms with Gasteiger partial charge in [0.25, 0.3) is 0 Å². The topological polar surface area (TPSA) is 70.1 Å². The van der Waals surface area contributed by atoms with E-state index >= 15 is 0 Å². The van der Waals surface area contributed by atoms with E-state index < -0.39 is 5.97 Å². The van der Waals surface area contributed by atoms with Crippen molar-refractivity contribution in [1.29, 1.82) is 0 Å². The molecule has 0 aromatic rings. The number of piperidine rings is 1. The molecular formula is C15H24N2O4. The molecule has 118 valence electrons. The smallest absolute Gasteiger partial charge is 0.329 e. The Kier molecular flexibility index (Phi) is 4.33. The van der Waals surface area contributed by atoms with E-state index in [1.54, 1.807) is 0 Å². The van der Waals surface area contributed by atoms with Gasteiger partial charge in [-0.1, -0.05) is 0 Å². The molecule has 1 heterocycles. The summed E-state index contributed by atoms with van der Waals surface area (Å²) in [4.78, 5) is 27.1. The Morgan fingerprint density at radius 2 is 1.76 bits per heavy atom. The van der Waals surface area contributed by atoms with Crippen LogP contribution in [0.2, 0.25) is 0 Å². The molecule has 2 saturated carbocycles. The number of nitrogens with zero attached hydrogens (tertiary/aromatic N) is 2. The van der Waals surface area contributed by atoms with E-state index in [0.29, 0.717) is 19.1 Å². The van der Waals surface area contributed by atoms with E-state index in [0.717, 1.165) is 38.1 Å². The van der Waals surface area contributed by atoms with Gasteiger partial charge >= 0.3 is 12.0 Å². The number of hydrogen-bond acceptors (Lipinski definition) is 3. The summed E-state index contributed by atoms with van der Waals surface area (Å²) >= 11 is 0. The molecule has 0 spiro atoms. The van der Waals surface area contributed by atoms with Crippen LogP contribution >= 0.6 is 0 Å². The fraction of sp³-hybridized carbons (Fsp3) is 0.867. The van der Waals surface area contributed by atoms with Gasteiger partial charge in [0.05, 0.1) is 6.10 Å². The van der Waals surface area contributed by atoms with Crippen LogP contribution in [0.3, 0.4) is 0 Å². The number of carboxylic acids is 1. The van der Waals surface area contributed by atoms with Crippen molar-refractivity contribution in [2.45, 2.75) is 50.7 Å². The molecule has 21 heavy (non-hydrogen) atoms. The molecule has 0 aromatic heterocycles. The predicted molar refractivity (Wildman–Crippen MR) is 76.0 cm³/mol. The number of rotatable bonds is 6. The van der Waals surface area contributed by atoms with Crippen molar-refractivity contribution in [1.82, 2.24) is 9.80 Å². The molecule has 6 nitrogen and oxygen atoms in total. The van der Waals surface area contributed by atoms with Gasteiger partial charge in [-0.3, -0.25) is 0 Å². The molecule has 2 amide bonds. The second-order valence-corrected chi connectivity index (χ2v) is 6.50. The highest BCUT2D eigenvalue weighted by Gasteiger charge is 2.39. The van der Waals surface area contributed by atoms with Crippen LogP contribution in [0, 0.1) is 5.92 Å². The third kappa shape index (κ3) is 4.09. The summed E-state index contributed by atoms with van der Waals surface area (Å²) in [7, 11) is 0. The second kappa shape index (κ2) is 6.22. The van der Waals surface area contributed by atoms with Gasteiger partial charge in [0.15, 0.2) is 0 Å². The molecule has 3 fully saturated rings. The lowest BCUT2D eigenvalue weighted by Gasteiger charge is -2.35. The lowest BCUT2D eigenvalue weighted by atomic mass is 10.1. The number of aliphatic carboxylic acids is 1. The Morgan fingerprint density at radius 1 is 1.10 bits per heavy atom. The maximum atomic E-state index is 12.6. The Morgan fingerprint density at radius 3 is 2.29 bits per heavy atom. The first-order valence-electron chi connectivity index (χ1n) is 8.02. The minimum atomic E-state index is -0.933.